The van der Waals surface area contributed by atoms with Crippen LogP contribution in [-0.2, 0) is 17.0 Å². The molecule has 0 unspecified atom stereocenters. The van der Waals surface area contributed by atoms with Crippen LogP contribution >= 0.6 is 11.8 Å². The molecule has 0 fully saturated rings. The average Bonchev–Trinajstić information content (AvgIpc) is 3.21. The van der Waals surface area contributed by atoms with Gasteiger partial charge in [-0.1, -0.05) is 17.8 Å². The van der Waals surface area contributed by atoms with E-state index in [9.17, 15) is 10.1 Å². The van der Waals surface area contributed by atoms with E-state index in [1.807, 2.05) is 28.7 Å². The van der Waals surface area contributed by atoms with E-state index in [0.29, 0.717) is 30.7 Å². The lowest BCUT2D eigenvalue weighted by atomic mass is 10.2. The summed E-state index contributed by atoms with van der Waals surface area (Å²) in [7, 11) is 0. The molecule has 3 heterocycles. The highest BCUT2D eigenvalue weighted by Gasteiger charge is 2.20. The van der Waals surface area contributed by atoms with Gasteiger partial charge in [0.25, 0.3) is 0 Å². The van der Waals surface area contributed by atoms with Crippen molar-refractivity contribution in [2.45, 2.75) is 31.3 Å². The summed E-state index contributed by atoms with van der Waals surface area (Å²) in [5.74, 6) is 1.47. The lowest BCUT2D eigenvalue weighted by Crippen LogP contribution is -2.25. The van der Waals surface area contributed by atoms with Gasteiger partial charge in [-0.2, -0.15) is 0 Å². The number of hydrogen-bond acceptors (Lipinski definition) is 9. The second-order valence-corrected chi connectivity index (χ2v) is 7.61. The first kappa shape index (κ1) is 20.9. The third-order valence-electron chi connectivity index (χ3n) is 4.71. The molecule has 0 aliphatic carbocycles. The number of imidazole rings is 1. The number of ether oxygens (including phenoxy) is 2. The Morgan fingerprint density at radius 1 is 1.32 bits per heavy atom. The van der Waals surface area contributed by atoms with Gasteiger partial charge < -0.3 is 18.9 Å². The van der Waals surface area contributed by atoms with E-state index in [1.54, 1.807) is 31.6 Å². The van der Waals surface area contributed by atoms with Crippen LogP contribution in [-0.4, -0.2) is 44.2 Å². The van der Waals surface area contributed by atoms with Crippen molar-refractivity contribution in [1.29, 1.82) is 0 Å². The molecule has 11 heteroatoms. The van der Waals surface area contributed by atoms with Crippen LogP contribution in [0.2, 0.25) is 0 Å². The highest BCUT2D eigenvalue weighted by atomic mass is 32.2. The molecule has 4 rings (SSSR count). The Morgan fingerprint density at radius 3 is 2.90 bits per heavy atom. The molecule has 0 saturated heterocycles. The van der Waals surface area contributed by atoms with Crippen molar-refractivity contribution >= 4 is 34.4 Å². The van der Waals surface area contributed by atoms with E-state index in [2.05, 4.69) is 4.98 Å². The number of thioether (sulfide) groups is 1. The minimum atomic E-state index is -0.426. The maximum absolute atomic E-state index is 11.4. The number of fused-ring (bicyclic) bond motifs is 1. The van der Waals surface area contributed by atoms with E-state index in [0.717, 1.165) is 29.1 Å². The van der Waals surface area contributed by atoms with E-state index >= 15 is 0 Å². The summed E-state index contributed by atoms with van der Waals surface area (Å²) in [6, 6.07) is 5.00. The van der Waals surface area contributed by atoms with Crippen molar-refractivity contribution in [2.75, 3.05) is 24.7 Å². The van der Waals surface area contributed by atoms with Crippen molar-refractivity contribution in [3.8, 4) is 5.75 Å². The maximum Gasteiger partial charge on any atom is 0.311 e. The van der Waals surface area contributed by atoms with Gasteiger partial charge in [-0.05, 0) is 25.5 Å². The number of nitro benzene ring substituents is 1. The maximum atomic E-state index is 11.4. The third kappa shape index (κ3) is 4.41. The Bertz CT molecular complexity index is 1130. The fourth-order valence-electron chi connectivity index (χ4n) is 3.21. The Balaban J connectivity index is 1.64. The molecule has 0 amide bonds. The Morgan fingerprint density at radius 2 is 2.19 bits per heavy atom. The quantitative estimate of drug-likeness (QED) is 0.223. The molecule has 1 aliphatic heterocycles. The SMILES string of the molecule is CCOc1ccc(CSc2nc(N3C=COCC3)c3ncn(CC)c3n2)cc1[N+](=O)[O-]. The van der Waals surface area contributed by atoms with Crippen molar-refractivity contribution in [3.63, 3.8) is 0 Å². The second-order valence-electron chi connectivity index (χ2n) is 6.66. The molecule has 0 bridgehead atoms. The van der Waals surface area contributed by atoms with Crippen LogP contribution in [0.1, 0.15) is 19.4 Å². The number of benzene rings is 1. The molecular weight excluding hydrogens is 420 g/mol. The molecular formula is C20H22N6O4S. The number of aromatic nitrogens is 4. The van der Waals surface area contributed by atoms with E-state index in [4.69, 9.17) is 19.4 Å². The van der Waals surface area contributed by atoms with E-state index < -0.39 is 4.92 Å². The Kier molecular flexibility index (Phi) is 6.21. The summed E-state index contributed by atoms with van der Waals surface area (Å²) in [4.78, 5) is 26.9. The van der Waals surface area contributed by atoms with Crippen LogP contribution in [0, 0.1) is 10.1 Å². The second kappa shape index (κ2) is 9.21. The largest absolute Gasteiger partial charge is 0.498 e. The summed E-state index contributed by atoms with van der Waals surface area (Å²) in [5, 5.41) is 12.0. The number of anilines is 1. The molecule has 31 heavy (non-hydrogen) atoms. The zero-order valence-corrected chi connectivity index (χ0v) is 18.0. The van der Waals surface area contributed by atoms with Gasteiger partial charge in [-0.25, -0.2) is 15.0 Å². The minimum Gasteiger partial charge on any atom is -0.498 e. The van der Waals surface area contributed by atoms with Crippen molar-refractivity contribution in [3.05, 3.63) is 52.7 Å². The lowest BCUT2D eigenvalue weighted by molar-refractivity contribution is -0.385. The van der Waals surface area contributed by atoms with Gasteiger partial charge in [0.05, 0.1) is 30.7 Å². The first-order valence-corrected chi connectivity index (χ1v) is 10.9. The number of nitro groups is 1. The fourth-order valence-corrected chi connectivity index (χ4v) is 3.99. The molecule has 1 aromatic carbocycles. The van der Waals surface area contributed by atoms with Gasteiger partial charge in [0.1, 0.15) is 6.61 Å². The van der Waals surface area contributed by atoms with E-state index in [-0.39, 0.29) is 11.4 Å². The molecule has 0 radical (unpaired) electrons. The monoisotopic (exact) mass is 442 g/mol. The Hall–Kier alpha value is -3.34. The summed E-state index contributed by atoms with van der Waals surface area (Å²) in [6.45, 7) is 6.16. The predicted molar refractivity (Wildman–Crippen MR) is 117 cm³/mol. The molecule has 0 atom stereocenters. The zero-order chi connectivity index (χ0) is 21.8. The van der Waals surface area contributed by atoms with E-state index in [1.165, 1.54) is 11.8 Å². The highest BCUT2D eigenvalue weighted by Crippen LogP contribution is 2.32. The van der Waals surface area contributed by atoms with Crippen LogP contribution in [0.25, 0.3) is 11.2 Å². The van der Waals surface area contributed by atoms with Gasteiger partial charge in [-0.3, -0.25) is 10.1 Å². The normalized spacial score (nSPS) is 13.4. The van der Waals surface area contributed by atoms with Crippen LogP contribution in [0.3, 0.4) is 0 Å². The molecule has 2 aromatic heterocycles. The van der Waals surface area contributed by atoms with Crippen molar-refractivity contribution in [1.82, 2.24) is 19.5 Å². The first-order valence-electron chi connectivity index (χ1n) is 9.91. The molecule has 162 valence electrons. The minimum absolute atomic E-state index is 0.0421. The summed E-state index contributed by atoms with van der Waals surface area (Å²) in [6.07, 6.45) is 5.23. The molecule has 3 aromatic rings. The van der Waals surface area contributed by atoms with Gasteiger partial charge in [0, 0.05) is 24.6 Å². The molecule has 0 N–H and O–H groups in total. The number of aryl methyl sites for hydroxylation is 1. The van der Waals surface area contributed by atoms with Gasteiger partial charge in [0.2, 0.25) is 0 Å². The molecule has 1 aliphatic rings. The van der Waals surface area contributed by atoms with Crippen molar-refractivity contribution in [2.24, 2.45) is 0 Å². The van der Waals surface area contributed by atoms with Gasteiger partial charge >= 0.3 is 5.69 Å². The van der Waals surface area contributed by atoms with Gasteiger partial charge in [0.15, 0.2) is 27.9 Å². The summed E-state index contributed by atoms with van der Waals surface area (Å²) in [5.41, 5.74) is 2.24. The van der Waals surface area contributed by atoms with Crippen LogP contribution < -0.4 is 9.64 Å². The zero-order valence-electron chi connectivity index (χ0n) is 17.2. The summed E-state index contributed by atoms with van der Waals surface area (Å²) >= 11 is 1.42. The van der Waals surface area contributed by atoms with Gasteiger partial charge in [-0.15, -0.1) is 0 Å². The standard InChI is InChI=1S/C20H22N6O4S/c1-3-24-13-21-17-18(24)22-20(23-19(17)25-7-9-29-10-8-25)31-12-14-5-6-16(30-4-2)15(11-14)26(27)28/h5-7,9,11,13H,3-4,8,10,12H2,1-2H3. The fraction of sp³-hybridized carbons (Fsp3) is 0.350. The summed E-state index contributed by atoms with van der Waals surface area (Å²) < 4.78 is 12.6. The Labute approximate surface area is 183 Å². The topological polar surface area (TPSA) is 108 Å². The molecule has 10 nitrogen and oxygen atoms in total. The lowest BCUT2D eigenvalue weighted by Gasteiger charge is -2.22. The number of rotatable bonds is 8. The van der Waals surface area contributed by atoms with Crippen molar-refractivity contribution < 1.29 is 14.4 Å². The highest BCUT2D eigenvalue weighted by molar-refractivity contribution is 7.98. The third-order valence-corrected chi connectivity index (χ3v) is 5.63. The predicted octanol–water partition coefficient (Wildman–Crippen LogP) is 3.75. The first-order chi connectivity index (χ1) is 15.1. The van der Waals surface area contributed by atoms with Crippen LogP contribution in [0.5, 0.6) is 5.75 Å². The van der Waals surface area contributed by atoms with Crippen LogP contribution in [0.4, 0.5) is 11.5 Å². The smallest absolute Gasteiger partial charge is 0.311 e. The molecule has 0 spiro atoms. The molecule has 0 saturated carbocycles. The number of nitrogens with zero attached hydrogens (tertiary/aromatic N) is 6. The van der Waals surface area contributed by atoms with Crippen LogP contribution in [0.15, 0.2) is 42.1 Å². The number of hydrogen-bond donors (Lipinski definition) is 0. The average molecular weight is 443 g/mol.